The number of nitrogens with zero attached hydrogens (tertiary/aromatic N) is 7. The molecule has 1 aromatic heterocycles. The van der Waals surface area contributed by atoms with E-state index in [0.29, 0.717) is 51.1 Å². The number of aromatic nitrogens is 4. The lowest BCUT2D eigenvalue weighted by Crippen LogP contribution is -2.49. The zero-order valence-electron chi connectivity index (χ0n) is 17.3. The van der Waals surface area contributed by atoms with Crippen molar-refractivity contribution in [2.75, 3.05) is 32.7 Å². The van der Waals surface area contributed by atoms with E-state index in [1.165, 1.54) is 12.4 Å². The average Bonchev–Trinajstić information content (AvgIpc) is 3.35. The summed E-state index contributed by atoms with van der Waals surface area (Å²) in [4.78, 5) is 19.6. The van der Waals surface area contributed by atoms with Crippen LogP contribution in [0.25, 0.3) is 10.5 Å². The third kappa shape index (κ3) is 4.78. The predicted octanol–water partition coefficient (Wildman–Crippen LogP) is 2.42. The fourth-order valence-corrected chi connectivity index (χ4v) is 3.71. The van der Waals surface area contributed by atoms with Gasteiger partial charge in [-0.1, -0.05) is 18.2 Å². The molecule has 0 bridgehead atoms. The summed E-state index contributed by atoms with van der Waals surface area (Å²) in [5.74, 6) is -1.55. The molecule has 1 amide bonds. The van der Waals surface area contributed by atoms with Gasteiger partial charge in [0.05, 0.1) is 18.7 Å². The summed E-state index contributed by atoms with van der Waals surface area (Å²) >= 11 is 0. The summed E-state index contributed by atoms with van der Waals surface area (Å²) in [6.07, 6.45) is 2.21. The Bertz CT molecular complexity index is 1120. The van der Waals surface area contributed by atoms with E-state index in [9.17, 15) is 13.6 Å². The molecule has 0 radical (unpaired) electrons. The van der Waals surface area contributed by atoms with Gasteiger partial charge in [-0.15, -0.1) is 5.10 Å². The number of tetrazole rings is 1. The van der Waals surface area contributed by atoms with Crippen molar-refractivity contribution in [1.82, 2.24) is 30.0 Å². The van der Waals surface area contributed by atoms with E-state index >= 15 is 0 Å². The zero-order chi connectivity index (χ0) is 22.5. The van der Waals surface area contributed by atoms with Gasteiger partial charge in [0.25, 0.3) is 5.69 Å². The minimum atomic E-state index is -0.835. The van der Waals surface area contributed by atoms with Gasteiger partial charge in [0, 0.05) is 32.7 Å². The third-order valence-electron chi connectivity index (χ3n) is 5.59. The van der Waals surface area contributed by atoms with Gasteiger partial charge in [0.15, 0.2) is 0 Å². The fraction of sp³-hybridized carbons (Fsp3) is 0.318. The molecule has 2 heterocycles. The molecule has 0 atom stereocenters. The van der Waals surface area contributed by atoms with Gasteiger partial charge >= 0.3 is 0 Å². The van der Waals surface area contributed by atoms with Crippen molar-refractivity contribution in [3.63, 3.8) is 0 Å². The Hall–Kier alpha value is -3.71. The number of carbonyl (C=O) groups excluding carboxylic acids is 1. The van der Waals surface area contributed by atoms with Gasteiger partial charge in [-0.2, -0.15) is 0 Å². The Kier molecular flexibility index (Phi) is 6.47. The zero-order valence-corrected chi connectivity index (χ0v) is 17.3. The molecule has 164 valence electrons. The van der Waals surface area contributed by atoms with E-state index in [0.717, 1.165) is 17.3 Å². The Morgan fingerprint density at radius 1 is 1.06 bits per heavy atom. The number of amides is 1. The van der Waals surface area contributed by atoms with Crippen LogP contribution in [-0.4, -0.2) is 68.6 Å². The van der Waals surface area contributed by atoms with Crippen molar-refractivity contribution in [2.45, 2.75) is 12.8 Å². The highest BCUT2D eigenvalue weighted by molar-refractivity contribution is 5.79. The number of piperazine rings is 1. The normalized spacial score (nSPS) is 14.3. The van der Waals surface area contributed by atoms with E-state index < -0.39 is 17.3 Å². The summed E-state index contributed by atoms with van der Waals surface area (Å²) in [6, 6.07) is 10.0. The minimum Gasteiger partial charge on any atom is -0.340 e. The number of rotatable bonds is 6. The highest BCUT2D eigenvalue weighted by atomic mass is 19.1. The highest BCUT2D eigenvalue weighted by Crippen LogP contribution is 2.25. The van der Waals surface area contributed by atoms with E-state index in [1.54, 1.807) is 4.68 Å². The topological polar surface area (TPSA) is 71.5 Å². The largest absolute Gasteiger partial charge is 0.340 e. The van der Waals surface area contributed by atoms with E-state index in [4.69, 9.17) is 6.57 Å². The summed E-state index contributed by atoms with van der Waals surface area (Å²) in [6.45, 7) is 10.1. The molecule has 4 rings (SSSR count). The maximum Gasteiger partial charge on any atom is 0.257 e. The number of hydrogen-bond donors (Lipinski definition) is 0. The van der Waals surface area contributed by atoms with E-state index in [-0.39, 0.29) is 5.91 Å². The van der Waals surface area contributed by atoms with Gasteiger partial charge in [0.1, 0.15) is 18.0 Å². The van der Waals surface area contributed by atoms with Crippen molar-refractivity contribution in [3.8, 4) is 5.69 Å². The molecule has 2 aromatic carbocycles. The number of benzene rings is 2. The lowest BCUT2D eigenvalue weighted by Gasteiger charge is -2.35. The van der Waals surface area contributed by atoms with Crippen molar-refractivity contribution in [1.29, 1.82) is 0 Å². The molecule has 1 aliphatic heterocycles. The smallest absolute Gasteiger partial charge is 0.257 e. The fourth-order valence-electron chi connectivity index (χ4n) is 3.71. The molecule has 32 heavy (non-hydrogen) atoms. The molecule has 1 aliphatic rings. The van der Waals surface area contributed by atoms with Crippen molar-refractivity contribution < 1.29 is 13.6 Å². The van der Waals surface area contributed by atoms with Gasteiger partial charge in [0.2, 0.25) is 5.91 Å². The van der Waals surface area contributed by atoms with Crippen molar-refractivity contribution >= 4 is 11.6 Å². The maximum atomic E-state index is 14.2. The van der Waals surface area contributed by atoms with Crippen molar-refractivity contribution in [3.05, 3.63) is 76.9 Å². The summed E-state index contributed by atoms with van der Waals surface area (Å²) in [7, 11) is 0. The Morgan fingerprint density at radius 2 is 1.81 bits per heavy atom. The lowest BCUT2D eigenvalue weighted by molar-refractivity contribution is -0.132. The Balaban J connectivity index is 1.26. The van der Waals surface area contributed by atoms with Crippen LogP contribution >= 0.6 is 0 Å². The van der Waals surface area contributed by atoms with Crippen LogP contribution in [-0.2, 0) is 17.6 Å². The molecule has 0 saturated carbocycles. The first-order valence-corrected chi connectivity index (χ1v) is 10.2. The maximum absolute atomic E-state index is 14.2. The van der Waals surface area contributed by atoms with Crippen LogP contribution in [0.2, 0.25) is 0 Å². The van der Waals surface area contributed by atoms with Crippen molar-refractivity contribution in [2.24, 2.45) is 0 Å². The second kappa shape index (κ2) is 9.62. The molecule has 8 nitrogen and oxygen atoms in total. The quantitative estimate of drug-likeness (QED) is 0.554. The van der Waals surface area contributed by atoms with Crippen LogP contribution in [0.5, 0.6) is 0 Å². The molecule has 1 saturated heterocycles. The average molecular weight is 437 g/mol. The van der Waals surface area contributed by atoms with E-state index in [1.807, 2.05) is 29.2 Å². The van der Waals surface area contributed by atoms with Gasteiger partial charge in [-0.05, 0) is 46.2 Å². The van der Waals surface area contributed by atoms with Crippen LogP contribution < -0.4 is 0 Å². The van der Waals surface area contributed by atoms with Gasteiger partial charge in [-0.3, -0.25) is 9.69 Å². The molecule has 10 heteroatoms. The Morgan fingerprint density at radius 3 is 2.47 bits per heavy atom. The third-order valence-corrected chi connectivity index (χ3v) is 5.59. The van der Waals surface area contributed by atoms with Crippen LogP contribution in [0.1, 0.15) is 11.1 Å². The first-order valence-electron chi connectivity index (χ1n) is 10.2. The van der Waals surface area contributed by atoms with Gasteiger partial charge in [-0.25, -0.2) is 18.3 Å². The number of hydrogen-bond acceptors (Lipinski definition) is 5. The van der Waals surface area contributed by atoms with Gasteiger partial charge < -0.3 is 4.90 Å². The standard InChI is InChI=1S/C22H21F2N7O/c1-25-22-19(23)7-4-17(21(22)24)8-9-29-10-12-30(13-11-29)20(32)14-16-2-5-18(6-3-16)31-15-26-27-28-31/h2-7,15H,8-14H2. The molecule has 1 fully saturated rings. The van der Waals surface area contributed by atoms with Crippen LogP contribution in [0.4, 0.5) is 14.5 Å². The first-order chi connectivity index (χ1) is 15.5. The van der Waals surface area contributed by atoms with Crippen LogP contribution in [0.3, 0.4) is 0 Å². The monoisotopic (exact) mass is 437 g/mol. The first kappa shape index (κ1) is 21.5. The second-order valence-corrected chi connectivity index (χ2v) is 7.55. The molecular weight excluding hydrogens is 416 g/mol. The molecule has 0 aliphatic carbocycles. The second-order valence-electron chi connectivity index (χ2n) is 7.55. The molecule has 0 spiro atoms. The minimum absolute atomic E-state index is 0.0612. The van der Waals surface area contributed by atoms with E-state index in [2.05, 4.69) is 25.3 Å². The lowest BCUT2D eigenvalue weighted by atomic mass is 10.1. The molecule has 0 unspecified atom stereocenters. The molecular formula is C22H21F2N7O. The Labute approximate surface area is 183 Å². The molecule has 0 N–H and O–H groups in total. The summed E-state index contributed by atoms with van der Waals surface area (Å²) < 4.78 is 29.3. The highest BCUT2D eigenvalue weighted by Gasteiger charge is 2.22. The molecule has 3 aromatic rings. The summed E-state index contributed by atoms with van der Waals surface area (Å²) in [5, 5.41) is 11.0. The summed E-state index contributed by atoms with van der Waals surface area (Å²) in [5.41, 5.74) is 1.52. The number of carbonyl (C=O) groups is 1. The SMILES string of the molecule is [C-]#[N+]c1c(F)ccc(CCN2CCN(C(=O)Cc3ccc(-n4cnnn4)cc3)CC2)c1F. The van der Waals surface area contributed by atoms with Crippen LogP contribution in [0, 0.1) is 18.2 Å². The predicted molar refractivity (Wildman–Crippen MR) is 112 cm³/mol. The number of halogens is 2. The van der Waals surface area contributed by atoms with Crippen LogP contribution in [0.15, 0.2) is 42.7 Å².